The Bertz CT molecular complexity index is 1180. The lowest BCUT2D eigenvalue weighted by Gasteiger charge is -2.26. The van der Waals surface area contributed by atoms with E-state index < -0.39 is 0 Å². The van der Waals surface area contributed by atoms with Crippen LogP contribution in [0.15, 0.2) is 54.6 Å². The van der Waals surface area contributed by atoms with Crippen LogP contribution >= 0.6 is 0 Å². The second kappa shape index (κ2) is 16.9. The molecule has 3 aromatic rings. The number of carbonyl (C=O) groups excluding carboxylic acids is 2. The number of benzene rings is 3. The van der Waals surface area contributed by atoms with Gasteiger partial charge < -0.3 is 9.31 Å². The molecule has 2 amide bonds. The first-order valence-electron chi connectivity index (χ1n) is 14.4. The van der Waals surface area contributed by atoms with E-state index in [0.29, 0.717) is 17.0 Å². The lowest BCUT2D eigenvalue weighted by molar-refractivity contribution is 0.0650. The highest BCUT2D eigenvalue weighted by Crippen LogP contribution is 2.36. The largest absolute Gasteiger partial charge is 0.493 e. The molecule has 4 rings (SSSR count). The molecule has 6 heteroatoms. The van der Waals surface area contributed by atoms with Crippen LogP contribution in [0.25, 0.3) is 10.8 Å². The summed E-state index contributed by atoms with van der Waals surface area (Å²) in [5.41, 5.74) is 4.66. The first kappa shape index (κ1) is 34.1. The number of hydrogen-bond acceptors (Lipinski definition) is 4. The van der Waals surface area contributed by atoms with Crippen molar-refractivity contribution in [1.29, 1.82) is 0 Å². The molecule has 5 nitrogen and oxygen atoms in total. The van der Waals surface area contributed by atoms with Crippen molar-refractivity contribution < 1.29 is 18.9 Å². The molecular weight excluding hydrogens is 485 g/mol. The molecule has 0 radical (unpaired) electrons. The van der Waals surface area contributed by atoms with E-state index in [9.17, 15) is 9.59 Å². The highest BCUT2D eigenvalue weighted by Gasteiger charge is 2.31. The van der Waals surface area contributed by atoms with Gasteiger partial charge in [0, 0.05) is 37.8 Å². The van der Waals surface area contributed by atoms with Gasteiger partial charge in [-0.1, -0.05) is 97.9 Å². The molecular formula is C33H48BNO4. The SMILES string of the molecule is CC.CC.CC.COB(OC)c1ccccc1CC(C)CC(C)c1ccc2c3c(cccc13)C(=O)N(C)C2=O. The Morgan fingerprint density at radius 1 is 0.769 bits per heavy atom. The van der Waals surface area contributed by atoms with Crippen LogP contribution in [0.3, 0.4) is 0 Å². The number of nitrogens with zero attached hydrogens (tertiary/aromatic N) is 1. The van der Waals surface area contributed by atoms with Crippen molar-refractivity contribution in [1.82, 2.24) is 4.90 Å². The van der Waals surface area contributed by atoms with Crippen LogP contribution in [-0.4, -0.2) is 45.1 Å². The normalized spacial score (nSPS) is 13.3. The quantitative estimate of drug-likeness (QED) is 0.222. The fourth-order valence-electron chi connectivity index (χ4n) is 5.16. The molecule has 2 unspecified atom stereocenters. The molecule has 0 aliphatic carbocycles. The summed E-state index contributed by atoms with van der Waals surface area (Å²) in [5.74, 6) is 0.204. The first-order valence-corrected chi connectivity index (χ1v) is 14.4. The zero-order chi connectivity index (χ0) is 29.7. The van der Waals surface area contributed by atoms with Crippen LogP contribution in [0, 0.1) is 5.92 Å². The van der Waals surface area contributed by atoms with E-state index in [2.05, 4.69) is 38.1 Å². The second-order valence-electron chi connectivity index (χ2n) is 9.05. The summed E-state index contributed by atoms with van der Waals surface area (Å²) in [6.45, 7) is 16.5. The van der Waals surface area contributed by atoms with E-state index >= 15 is 0 Å². The van der Waals surface area contributed by atoms with Crippen LogP contribution in [0.5, 0.6) is 0 Å². The molecule has 0 saturated heterocycles. The number of carbonyl (C=O) groups is 2. The predicted octanol–water partition coefficient (Wildman–Crippen LogP) is 7.50. The Balaban J connectivity index is 0.00000119. The zero-order valence-electron chi connectivity index (χ0n) is 25.9. The number of imide groups is 1. The summed E-state index contributed by atoms with van der Waals surface area (Å²) in [4.78, 5) is 26.6. The predicted molar refractivity (Wildman–Crippen MR) is 166 cm³/mol. The van der Waals surface area contributed by atoms with Crippen molar-refractivity contribution >= 4 is 35.2 Å². The number of rotatable bonds is 8. The Morgan fingerprint density at radius 2 is 1.33 bits per heavy atom. The van der Waals surface area contributed by atoms with E-state index in [1.54, 1.807) is 21.3 Å². The van der Waals surface area contributed by atoms with Crippen LogP contribution in [0.1, 0.15) is 99.6 Å². The van der Waals surface area contributed by atoms with Gasteiger partial charge in [0.2, 0.25) is 0 Å². The van der Waals surface area contributed by atoms with Gasteiger partial charge >= 0.3 is 7.12 Å². The molecule has 0 spiro atoms. The first-order chi connectivity index (χ1) is 18.9. The fourth-order valence-corrected chi connectivity index (χ4v) is 5.16. The van der Waals surface area contributed by atoms with Gasteiger partial charge in [-0.05, 0) is 58.8 Å². The van der Waals surface area contributed by atoms with E-state index in [1.165, 1.54) is 16.0 Å². The molecule has 0 N–H and O–H groups in total. The highest BCUT2D eigenvalue weighted by atomic mass is 16.6. The molecule has 39 heavy (non-hydrogen) atoms. The maximum absolute atomic E-state index is 12.7. The van der Waals surface area contributed by atoms with Gasteiger partial charge in [0.05, 0.1) is 0 Å². The maximum atomic E-state index is 12.7. The Morgan fingerprint density at radius 3 is 1.92 bits per heavy atom. The molecule has 0 fully saturated rings. The molecule has 2 atom stereocenters. The second-order valence-corrected chi connectivity index (χ2v) is 9.05. The van der Waals surface area contributed by atoms with Gasteiger partial charge in [-0.15, -0.1) is 0 Å². The minimum atomic E-state index is -0.375. The van der Waals surface area contributed by atoms with Gasteiger partial charge in [-0.3, -0.25) is 14.5 Å². The topological polar surface area (TPSA) is 55.8 Å². The summed E-state index contributed by atoms with van der Waals surface area (Å²) < 4.78 is 11.0. The fraction of sp³-hybridized carbons (Fsp3) is 0.455. The molecule has 1 heterocycles. The van der Waals surface area contributed by atoms with E-state index in [1.807, 2.05) is 71.9 Å². The average molecular weight is 534 g/mol. The van der Waals surface area contributed by atoms with Crippen LogP contribution in [0.2, 0.25) is 0 Å². The van der Waals surface area contributed by atoms with Crippen LogP contribution < -0.4 is 5.46 Å². The average Bonchev–Trinajstić information content (AvgIpc) is 2.99. The lowest BCUT2D eigenvalue weighted by Crippen LogP contribution is -2.37. The third-order valence-electron chi connectivity index (χ3n) is 6.74. The smallest absolute Gasteiger partial charge is 0.410 e. The van der Waals surface area contributed by atoms with Crippen molar-refractivity contribution in [3.8, 4) is 0 Å². The van der Waals surface area contributed by atoms with Gasteiger partial charge in [0.25, 0.3) is 11.8 Å². The van der Waals surface area contributed by atoms with Gasteiger partial charge in [0.1, 0.15) is 0 Å². The van der Waals surface area contributed by atoms with Crippen molar-refractivity contribution in [3.05, 3.63) is 76.9 Å². The lowest BCUT2D eigenvalue weighted by atomic mass is 9.73. The minimum absolute atomic E-state index is 0.237. The molecule has 1 aliphatic rings. The minimum Gasteiger partial charge on any atom is -0.410 e. The summed E-state index contributed by atoms with van der Waals surface area (Å²) in [6, 6.07) is 17.9. The molecule has 1 aliphatic heterocycles. The number of hydrogen-bond donors (Lipinski definition) is 0. The van der Waals surface area contributed by atoms with Crippen LogP contribution in [-0.2, 0) is 15.7 Å². The van der Waals surface area contributed by atoms with E-state index in [4.69, 9.17) is 9.31 Å². The third-order valence-corrected chi connectivity index (χ3v) is 6.74. The van der Waals surface area contributed by atoms with E-state index in [0.717, 1.165) is 29.1 Å². The van der Waals surface area contributed by atoms with Crippen molar-refractivity contribution in [2.24, 2.45) is 5.92 Å². The summed E-state index contributed by atoms with van der Waals surface area (Å²) in [6.07, 6.45) is 1.88. The third kappa shape index (κ3) is 7.58. The zero-order valence-corrected chi connectivity index (χ0v) is 25.9. The highest BCUT2D eigenvalue weighted by molar-refractivity contribution is 6.61. The summed E-state index contributed by atoms with van der Waals surface area (Å²) in [5, 5.41) is 1.79. The molecule has 0 bridgehead atoms. The Hall–Kier alpha value is -2.96. The monoisotopic (exact) mass is 533 g/mol. The van der Waals surface area contributed by atoms with Crippen molar-refractivity contribution in [2.45, 2.75) is 74.1 Å². The van der Waals surface area contributed by atoms with Crippen LogP contribution in [0.4, 0.5) is 0 Å². The molecule has 212 valence electrons. The number of amides is 2. The molecule has 0 aromatic heterocycles. The Labute approximate surface area is 237 Å². The maximum Gasteiger partial charge on any atom is 0.493 e. The van der Waals surface area contributed by atoms with Gasteiger partial charge in [-0.25, -0.2) is 0 Å². The van der Waals surface area contributed by atoms with Gasteiger partial charge in [0.15, 0.2) is 0 Å². The van der Waals surface area contributed by atoms with Crippen molar-refractivity contribution in [3.63, 3.8) is 0 Å². The summed E-state index contributed by atoms with van der Waals surface area (Å²) >= 11 is 0. The summed E-state index contributed by atoms with van der Waals surface area (Å²) in [7, 11) is 4.48. The van der Waals surface area contributed by atoms with Gasteiger partial charge in [-0.2, -0.15) is 0 Å². The van der Waals surface area contributed by atoms with Crippen molar-refractivity contribution in [2.75, 3.05) is 21.3 Å². The Kier molecular flexibility index (Phi) is 14.8. The van der Waals surface area contributed by atoms with E-state index in [-0.39, 0.29) is 24.9 Å². The molecule has 3 aromatic carbocycles. The standard InChI is InChI=1S/C27H30BNO4.3C2H6/c1-17(16-19-9-6-7-12-24(19)28(32-4)33-5)15-18(2)20-13-14-23-25-21(20)10-8-11-22(25)26(30)29(3)27(23)31;3*1-2/h6-14,17-18H,15-16H2,1-5H3;3*1-2H3. The molecule has 0 saturated carbocycles.